The first-order valence-corrected chi connectivity index (χ1v) is 8.87. The normalized spacial score (nSPS) is 10.6. The Bertz CT molecular complexity index is 979. The van der Waals surface area contributed by atoms with Crippen LogP contribution in [-0.4, -0.2) is 34.8 Å². The van der Waals surface area contributed by atoms with Crippen LogP contribution in [0.2, 0.25) is 0 Å². The molecule has 3 rings (SSSR count). The minimum absolute atomic E-state index is 0.0177. The molecular formula is C21H22N4O2. The lowest BCUT2D eigenvalue weighted by molar-refractivity contribution is 0.0773. The predicted octanol–water partition coefficient (Wildman–Crippen LogP) is 3.55. The van der Waals surface area contributed by atoms with Crippen LogP contribution < -0.4 is 11.1 Å². The lowest BCUT2D eigenvalue weighted by Crippen LogP contribution is -2.30. The standard InChI is InChI=1S/C21H22N4O2/c1-3-25(4-2)21(27)14-6-9-18(10-7-14)24-20(26)16-11-15-5-8-17(22)12-19(15)23-13-16/h5-13H,3-4,22H2,1-2H3,(H,24,26). The molecule has 0 unspecified atom stereocenters. The van der Waals surface area contributed by atoms with Crippen LogP contribution in [-0.2, 0) is 0 Å². The highest BCUT2D eigenvalue weighted by Gasteiger charge is 2.13. The van der Waals surface area contributed by atoms with E-state index in [0.717, 1.165) is 10.9 Å². The van der Waals surface area contributed by atoms with E-state index in [1.54, 1.807) is 47.4 Å². The van der Waals surface area contributed by atoms with Crippen molar-refractivity contribution in [2.45, 2.75) is 13.8 Å². The molecule has 0 spiro atoms. The Hall–Kier alpha value is -3.41. The van der Waals surface area contributed by atoms with Crippen LogP contribution in [0.1, 0.15) is 34.6 Å². The molecule has 0 radical (unpaired) electrons. The third-order valence-electron chi connectivity index (χ3n) is 4.41. The monoisotopic (exact) mass is 362 g/mol. The maximum Gasteiger partial charge on any atom is 0.257 e. The van der Waals surface area contributed by atoms with Gasteiger partial charge in [-0.1, -0.05) is 6.07 Å². The molecule has 0 aliphatic carbocycles. The zero-order valence-electron chi connectivity index (χ0n) is 15.4. The second kappa shape index (κ2) is 7.86. The number of carbonyl (C=O) groups is 2. The number of hydrogen-bond donors (Lipinski definition) is 2. The molecule has 0 fully saturated rings. The summed E-state index contributed by atoms with van der Waals surface area (Å²) in [5.41, 5.74) is 8.79. The first-order valence-electron chi connectivity index (χ1n) is 8.87. The Kier molecular flexibility index (Phi) is 5.35. The van der Waals surface area contributed by atoms with Crippen LogP contribution in [0.25, 0.3) is 10.9 Å². The van der Waals surface area contributed by atoms with Crippen molar-refractivity contribution in [3.63, 3.8) is 0 Å². The third kappa shape index (κ3) is 4.06. The fourth-order valence-corrected chi connectivity index (χ4v) is 2.86. The summed E-state index contributed by atoms with van der Waals surface area (Å²) in [5.74, 6) is -0.278. The molecule has 0 saturated heterocycles. The number of anilines is 2. The van der Waals surface area contributed by atoms with Crippen LogP contribution in [0, 0.1) is 0 Å². The van der Waals surface area contributed by atoms with E-state index >= 15 is 0 Å². The second-order valence-electron chi connectivity index (χ2n) is 6.19. The van der Waals surface area contributed by atoms with Crippen LogP contribution in [0.5, 0.6) is 0 Å². The smallest absolute Gasteiger partial charge is 0.257 e. The number of amides is 2. The van der Waals surface area contributed by atoms with Crippen molar-refractivity contribution >= 4 is 34.1 Å². The summed E-state index contributed by atoms with van der Waals surface area (Å²) in [5, 5.41) is 3.67. The highest BCUT2D eigenvalue weighted by molar-refractivity contribution is 6.06. The minimum Gasteiger partial charge on any atom is -0.399 e. The topological polar surface area (TPSA) is 88.3 Å². The molecule has 2 amide bonds. The van der Waals surface area contributed by atoms with Crippen molar-refractivity contribution in [3.8, 4) is 0 Å². The number of benzene rings is 2. The fourth-order valence-electron chi connectivity index (χ4n) is 2.86. The SMILES string of the molecule is CCN(CC)C(=O)c1ccc(NC(=O)c2cnc3cc(N)ccc3c2)cc1. The third-order valence-corrected chi connectivity index (χ3v) is 4.41. The molecule has 0 aliphatic heterocycles. The van der Waals surface area contributed by atoms with Gasteiger partial charge in [-0.2, -0.15) is 0 Å². The van der Waals surface area contributed by atoms with E-state index in [2.05, 4.69) is 10.3 Å². The van der Waals surface area contributed by atoms with Gasteiger partial charge in [0.25, 0.3) is 11.8 Å². The van der Waals surface area contributed by atoms with Crippen molar-refractivity contribution < 1.29 is 9.59 Å². The first-order chi connectivity index (χ1) is 13.0. The van der Waals surface area contributed by atoms with Crippen molar-refractivity contribution in [2.75, 3.05) is 24.1 Å². The van der Waals surface area contributed by atoms with Crippen LogP contribution in [0.4, 0.5) is 11.4 Å². The summed E-state index contributed by atoms with van der Waals surface area (Å²) in [7, 11) is 0. The maximum atomic E-state index is 12.5. The lowest BCUT2D eigenvalue weighted by atomic mass is 10.1. The van der Waals surface area contributed by atoms with E-state index in [0.29, 0.717) is 35.6 Å². The summed E-state index contributed by atoms with van der Waals surface area (Å²) < 4.78 is 0. The molecule has 2 aromatic carbocycles. The number of nitrogens with two attached hydrogens (primary N) is 1. The molecule has 1 aromatic heterocycles. The minimum atomic E-state index is -0.260. The van der Waals surface area contributed by atoms with E-state index in [-0.39, 0.29) is 11.8 Å². The summed E-state index contributed by atoms with van der Waals surface area (Å²) in [6, 6.07) is 14.0. The zero-order chi connectivity index (χ0) is 19.4. The molecule has 0 atom stereocenters. The van der Waals surface area contributed by atoms with E-state index < -0.39 is 0 Å². The fraction of sp³-hybridized carbons (Fsp3) is 0.190. The van der Waals surface area contributed by atoms with Crippen molar-refractivity contribution in [3.05, 3.63) is 65.9 Å². The van der Waals surface area contributed by atoms with Crippen LogP contribution in [0.3, 0.4) is 0 Å². The van der Waals surface area contributed by atoms with Crippen LogP contribution >= 0.6 is 0 Å². The Balaban J connectivity index is 1.74. The summed E-state index contributed by atoms with van der Waals surface area (Å²) in [6.45, 7) is 5.22. The summed E-state index contributed by atoms with van der Waals surface area (Å²) >= 11 is 0. The van der Waals surface area contributed by atoms with Gasteiger partial charge in [-0.05, 0) is 56.3 Å². The maximum absolute atomic E-state index is 12.5. The molecule has 3 N–H and O–H groups in total. The first kappa shape index (κ1) is 18.4. The number of nitrogens with one attached hydrogen (secondary N) is 1. The quantitative estimate of drug-likeness (QED) is 0.679. The number of aromatic nitrogens is 1. The highest BCUT2D eigenvalue weighted by atomic mass is 16.2. The van der Waals surface area contributed by atoms with Gasteiger partial charge in [-0.3, -0.25) is 14.6 Å². The summed E-state index contributed by atoms with van der Waals surface area (Å²) in [4.78, 5) is 30.9. The molecule has 0 aliphatic rings. The molecule has 138 valence electrons. The summed E-state index contributed by atoms with van der Waals surface area (Å²) in [6.07, 6.45) is 1.52. The Morgan fingerprint density at radius 1 is 1.00 bits per heavy atom. The number of nitrogen functional groups attached to an aromatic ring is 1. The van der Waals surface area contributed by atoms with Gasteiger partial charge in [0.2, 0.25) is 0 Å². The molecule has 6 nitrogen and oxygen atoms in total. The number of fused-ring (bicyclic) bond motifs is 1. The molecule has 3 aromatic rings. The van der Waals surface area contributed by atoms with Gasteiger partial charge in [0.1, 0.15) is 0 Å². The van der Waals surface area contributed by atoms with Gasteiger partial charge in [-0.15, -0.1) is 0 Å². The molecule has 27 heavy (non-hydrogen) atoms. The number of rotatable bonds is 5. The predicted molar refractivity (Wildman–Crippen MR) is 108 cm³/mol. The highest BCUT2D eigenvalue weighted by Crippen LogP contribution is 2.18. The van der Waals surface area contributed by atoms with Crippen LogP contribution in [0.15, 0.2) is 54.7 Å². The zero-order valence-corrected chi connectivity index (χ0v) is 15.4. The molecule has 6 heteroatoms. The van der Waals surface area contributed by atoms with Gasteiger partial charge in [0, 0.05) is 41.6 Å². The Morgan fingerprint density at radius 2 is 1.70 bits per heavy atom. The van der Waals surface area contributed by atoms with Gasteiger partial charge in [0.15, 0.2) is 0 Å². The number of pyridine rings is 1. The average Bonchev–Trinajstić information content (AvgIpc) is 2.69. The number of carbonyl (C=O) groups excluding carboxylic acids is 2. The van der Waals surface area contributed by atoms with Gasteiger partial charge < -0.3 is 16.0 Å². The van der Waals surface area contributed by atoms with Gasteiger partial charge in [0.05, 0.1) is 11.1 Å². The van der Waals surface area contributed by atoms with Gasteiger partial charge in [-0.25, -0.2) is 0 Å². The lowest BCUT2D eigenvalue weighted by Gasteiger charge is -2.18. The number of hydrogen-bond acceptors (Lipinski definition) is 4. The number of nitrogens with zero attached hydrogens (tertiary/aromatic N) is 2. The molecule has 0 saturated carbocycles. The van der Waals surface area contributed by atoms with E-state index in [1.807, 2.05) is 19.9 Å². The molecular weight excluding hydrogens is 340 g/mol. The van der Waals surface area contributed by atoms with Crippen molar-refractivity contribution in [1.29, 1.82) is 0 Å². The largest absolute Gasteiger partial charge is 0.399 e. The van der Waals surface area contributed by atoms with E-state index in [9.17, 15) is 9.59 Å². The average molecular weight is 362 g/mol. The molecule has 0 bridgehead atoms. The second-order valence-corrected chi connectivity index (χ2v) is 6.19. The van der Waals surface area contributed by atoms with Crippen molar-refractivity contribution in [2.24, 2.45) is 0 Å². The van der Waals surface area contributed by atoms with Gasteiger partial charge >= 0.3 is 0 Å². The van der Waals surface area contributed by atoms with E-state index in [4.69, 9.17) is 5.73 Å². The van der Waals surface area contributed by atoms with E-state index in [1.165, 1.54) is 6.20 Å². The Labute approximate surface area is 158 Å². The molecule has 1 heterocycles. The van der Waals surface area contributed by atoms with Crippen molar-refractivity contribution in [1.82, 2.24) is 9.88 Å². The Morgan fingerprint density at radius 3 is 2.37 bits per heavy atom.